The van der Waals surface area contributed by atoms with Crippen LogP contribution in [-0.4, -0.2) is 13.1 Å². The van der Waals surface area contributed by atoms with Gasteiger partial charge in [0, 0.05) is 6.54 Å². The molecule has 1 aromatic carbocycles. The molecule has 0 saturated carbocycles. The van der Waals surface area contributed by atoms with Gasteiger partial charge >= 0.3 is 0 Å². The number of benzene rings is 1. The van der Waals surface area contributed by atoms with Crippen molar-refractivity contribution >= 4 is 0 Å². The van der Waals surface area contributed by atoms with Crippen molar-refractivity contribution in [2.75, 3.05) is 13.1 Å². The maximum atomic E-state index is 13.3. The summed E-state index contributed by atoms with van der Waals surface area (Å²) in [6, 6.07) is 7.05. The molecule has 0 aliphatic rings. The molecule has 0 fully saturated rings. The molecule has 2 heteroatoms. The molecule has 0 aliphatic heterocycles. The molecule has 0 bridgehead atoms. The SMILES string of the molecule is CCCNCC(CCC(C)C)c1cccc(F)c1. The first-order valence-corrected chi connectivity index (χ1v) is 7.09. The van der Waals surface area contributed by atoms with Crippen molar-refractivity contribution in [1.82, 2.24) is 5.32 Å². The molecule has 1 N–H and O–H groups in total. The summed E-state index contributed by atoms with van der Waals surface area (Å²) in [6.07, 6.45) is 3.45. The minimum Gasteiger partial charge on any atom is -0.316 e. The molecule has 0 spiro atoms. The fourth-order valence-electron chi connectivity index (χ4n) is 2.13. The Morgan fingerprint density at radius 1 is 1.22 bits per heavy atom. The summed E-state index contributed by atoms with van der Waals surface area (Å²) >= 11 is 0. The molecule has 0 radical (unpaired) electrons. The first kappa shape index (κ1) is 15.2. The predicted octanol–water partition coefficient (Wildman–Crippen LogP) is 4.35. The normalized spacial score (nSPS) is 12.9. The van der Waals surface area contributed by atoms with Crippen LogP contribution in [-0.2, 0) is 0 Å². The van der Waals surface area contributed by atoms with Gasteiger partial charge in [-0.05, 0) is 48.9 Å². The van der Waals surface area contributed by atoms with Gasteiger partial charge in [-0.3, -0.25) is 0 Å². The highest BCUT2D eigenvalue weighted by Crippen LogP contribution is 2.23. The van der Waals surface area contributed by atoms with E-state index in [0.717, 1.165) is 31.5 Å². The van der Waals surface area contributed by atoms with E-state index in [0.29, 0.717) is 11.8 Å². The van der Waals surface area contributed by atoms with E-state index in [1.165, 1.54) is 12.5 Å². The molecule has 1 nitrogen and oxygen atoms in total. The van der Waals surface area contributed by atoms with Crippen LogP contribution in [0.15, 0.2) is 24.3 Å². The fraction of sp³-hybridized carbons (Fsp3) is 0.625. The van der Waals surface area contributed by atoms with Crippen molar-refractivity contribution in [2.45, 2.75) is 46.0 Å². The lowest BCUT2D eigenvalue weighted by molar-refractivity contribution is 0.474. The Balaban J connectivity index is 2.63. The Kier molecular flexibility index (Phi) is 6.96. The van der Waals surface area contributed by atoms with Gasteiger partial charge in [-0.25, -0.2) is 4.39 Å². The van der Waals surface area contributed by atoms with E-state index in [9.17, 15) is 4.39 Å². The van der Waals surface area contributed by atoms with Gasteiger partial charge in [0.15, 0.2) is 0 Å². The van der Waals surface area contributed by atoms with E-state index >= 15 is 0 Å². The van der Waals surface area contributed by atoms with Crippen LogP contribution in [0.4, 0.5) is 4.39 Å². The van der Waals surface area contributed by atoms with Crippen molar-refractivity contribution in [2.24, 2.45) is 5.92 Å². The lowest BCUT2D eigenvalue weighted by Gasteiger charge is -2.19. The second-order valence-corrected chi connectivity index (χ2v) is 5.43. The van der Waals surface area contributed by atoms with E-state index in [-0.39, 0.29) is 5.82 Å². The highest BCUT2D eigenvalue weighted by atomic mass is 19.1. The maximum Gasteiger partial charge on any atom is 0.123 e. The Bertz CT molecular complexity index is 336. The van der Waals surface area contributed by atoms with E-state index < -0.39 is 0 Å². The highest BCUT2D eigenvalue weighted by molar-refractivity contribution is 5.21. The van der Waals surface area contributed by atoms with Crippen LogP contribution in [0.2, 0.25) is 0 Å². The van der Waals surface area contributed by atoms with Crippen LogP contribution in [0.1, 0.15) is 51.5 Å². The predicted molar refractivity (Wildman–Crippen MR) is 76.4 cm³/mol. The molecule has 1 atom stereocenters. The zero-order valence-electron chi connectivity index (χ0n) is 11.9. The lowest BCUT2D eigenvalue weighted by Crippen LogP contribution is -2.22. The van der Waals surface area contributed by atoms with Crippen LogP contribution >= 0.6 is 0 Å². The fourth-order valence-corrected chi connectivity index (χ4v) is 2.13. The zero-order chi connectivity index (χ0) is 13.4. The average Bonchev–Trinajstić information content (AvgIpc) is 2.33. The van der Waals surface area contributed by atoms with Gasteiger partial charge in [0.1, 0.15) is 5.82 Å². The zero-order valence-corrected chi connectivity index (χ0v) is 11.9. The lowest BCUT2D eigenvalue weighted by atomic mass is 9.91. The molecular formula is C16H26FN. The largest absolute Gasteiger partial charge is 0.316 e. The third-order valence-corrected chi connectivity index (χ3v) is 3.23. The van der Waals surface area contributed by atoms with Crippen molar-refractivity contribution < 1.29 is 4.39 Å². The summed E-state index contributed by atoms with van der Waals surface area (Å²) in [4.78, 5) is 0. The molecule has 0 aliphatic carbocycles. The summed E-state index contributed by atoms with van der Waals surface area (Å²) in [7, 11) is 0. The quantitative estimate of drug-likeness (QED) is 0.677. The van der Waals surface area contributed by atoms with E-state index in [4.69, 9.17) is 0 Å². The molecule has 1 rings (SSSR count). The Labute approximate surface area is 111 Å². The highest BCUT2D eigenvalue weighted by Gasteiger charge is 2.12. The summed E-state index contributed by atoms with van der Waals surface area (Å²) < 4.78 is 13.3. The van der Waals surface area contributed by atoms with Crippen molar-refractivity contribution in [3.63, 3.8) is 0 Å². The second kappa shape index (κ2) is 8.25. The molecule has 0 amide bonds. The van der Waals surface area contributed by atoms with Gasteiger partial charge in [0.2, 0.25) is 0 Å². The van der Waals surface area contributed by atoms with Gasteiger partial charge < -0.3 is 5.32 Å². The Morgan fingerprint density at radius 2 is 2.00 bits per heavy atom. The summed E-state index contributed by atoms with van der Waals surface area (Å²) in [5, 5.41) is 3.45. The minimum absolute atomic E-state index is 0.127. The molecule has 102 valence electrons. The number of hydrogen-bond acceptors (Lipinski definition) is 1. The first-order valence-electron chi connectivity index (χ1n) is 7.09. The van der Waals surface area contributed by atoms with Gasteiger partial charge in [-0.15, -0.1) is 0 Å². The van der Waals surface area contributed by atoms with Gasteiger partial charge in [0.05, 0.1) is 0 Å². The molecule has 1 aromatic rings. The third kappa shape index (κ3) is 5.63. The monoisotopic (exact) mass is 251 g/mol. The second-order valence-electron chi connectivity index (χ2n) is 5.43. The third-order valence-electron chi connectivity index (χ3n) is 3.23. The molecule has 0 heterocycles. The van der Waals surface area contributed by atoms with Crippen LogP contribution in [0.3, 0.4) is 0 Å². The maximum absolute atomic E-state index is 13.3. The van der Waals surface area contributed by atoms with Crippen LogP contribution in [0.25, 0.3) is 0 Å². The Hall–Kier alpha value is -0.890. The number of hydrogen-bond donors (Lipinski definition) is 1. The first-order chi connectivity index (χ1) is 8.63. The van der Waals surface area contributed by atoms with E-state index in [1.807, 2.05) is 12.1 Å². The number of rotatable bonds is 8. The number of nitrogens with one attached hydrogen (secondary N) is 1. The smallest absolute Gasteiger partial charge is 0.123 e. The van der Waals surface area contributed by atoms with Crippen molar-refractivity contribution in [1.29, 1.82) is 0 Å². The van der Waals surface area contributed by atoms with Crippen molar-refractivity contribution in [3.05, 3.63) is 35.6 Å². The Morgan fingerprint density at radius 3 is 2.61 bits per heavy atom. The van der Waals surface area contributed by atoms with Crippen LogP contribution in [0.5, 0.6) is 0 Å². The molecule has 0 saturated heterocycles. The molecule has 18 heavy (non-hydrogen) atoms. The molecule has 1 unspecified atom stereocenters. The van der Waals surface area contributed by atoms with Gasteiger partial charge in [0.25, 0.3) is 0 Å². The number of halogens is 1. The summed E-state index contributed by atoms with van der Waals surface area (Å²) in [6.45, 7) is 8.63. The van der Waals surface area contributed by atoms with Crippen LogP contribution in [0, 0.1) is 11.7 Å². The average molecular weight is 251 g/mol. The summed E-state index contributed by atoms with van der Waals surface area (Å²) in [5.41, 5.74) is 1.12. The van der Waals surface area contributed by atoms with Crippen molar-refractivity contribution in [3.8, 4) is 0 Å². The van der Waals surface area contributed by atoms with E-state index in [2.05, 4.69) is 26.1 Å². The topological polar surface area (TPSA) is 12.0 Å². The molecule has 0 aromatic heterocycles. The summed E-state index contributed by atoms with van der Waals surface area (Å²) in [5.74, 6) is 0.999. The van der Waals surface area contributed by atoms with E-state index in [1.54, 1.807) is 6.07 Å². The van der Waals surface area contributed by atoms with Gasteiger partial charge in [-0.2, -0.15) is 0 Å². The molecular weight excluding hydrogens is 225 g/mol. The minimum atomic E-state index is -0.127. The van der Waals surface area contributed by atoms with Gasteiger partial charge in [-0.1, -0.05) is 39.3 Å². The van der Waals surface area contributed by atoms with Crippen LogP contribution < -0.4 is 5.32 Å². The standard InChI is InChI=1S/C16H26FN/c1-4-10-18-12-15(9-8-13(2)3)14-6-5-7-16(17)11-14/h5-7,11,13,15,18H,4,8-10,12H2,1-3H3.